The van der Waals surface area contributed by atoms with Crippen LogP contribution in [0.25, 0.3) is 0 Å². The monoisotopic (exact) mass is 492 g/mol. The molecule has 35 heavy (non-hydrogen) atoms. The van der Waals surface area contributed by atoms with Gasteiger partial charge in [-0.2, -0.15) is 5.26 Å². The third-order valence-corrected chi connectivity index (χ3v) is 6.99. The smallest absolute Gasteiger partial charge is 0.307 e. The van der Waals surface area contributed by atoms with Crippen LogP contribution in [-0.2, 0) is 19.1 Å². The first kappa shape index (κ1) is 24.0. The van der Waals surface area contributed by atoms with E-state index in [0.29, 0.717) is 11.3 Å². The van der Waals surface area contributed by atoms with E-state index in [4.69, 9.17) is 10.5 Å². The summed E-state index contributed by atoms with van der Waals surface area (Å²) >= 11 is 0.992. The number of ether oxygens (including phenoxy) is 1. The quantitative estimate of drug-likeness (QED) is 0.614. The number of carbonyl (C=O) groups excluding carboxylic acids is 3. The normalized spacial score (nSPS) is 19.4. The van der Waals surface area contributed by atoms with Crippen LogP contribution in [0.5, 0.6) is 0 Å². The molecule has 0 unspecified atom stereocenters. The van der Waals surface area contributed by atoms with Crippen LogP contribution in [0, 0.1) is 24.1 Å². The number of fused-ring (bicyclic) bond motifs is 1. The predicted molar refractivity (Wildman–Crippen MR) is 128 cm³/mol. The molecule has 0 spiro atoms. The van der Waals surface area contributed by atoms with Gasteiger partial charge in [-0.3, -0.25) is 19.3 Å². The fraction of sp³-hybridized carbons (Fsp3) is 0.200. The third kappa shape index (κ3) is 4.50. The number of hydrogen-bond acceptors (Lipinski definition) is 7. The summed E-state index contributed by atoms with van der Waals surface area (Å²) in [7, 11) is 1.21. The number of nitrogens with zero attached hydrogens (tertiary/aromatic N) is 2. The Morgan fingerprint density at radius 3 is 2.60 bits per heavy atom. The lowest BCUT2D eigenvalue weighted by atomic mass is 9.82. The number of thioether (sulfide) groups is 1. The molecule has 178 valence electrons. The van der Waals surface area contributed by atoms with Crippen molar-refractivity contribution in [2.24, 2.45) is 5.73 Å². The Bertz CT molecular complexity index is 1330. The summed E-state index contributed by atoms with van der Waals surface area (Å²) in [6.07, 6.45) is -0.243. The second kappa shape index (κ2) is 9.64. The van der Waals surface area contributed by atoms with Gasteiger partial charge >= 0.3 is 5.97 Å². The van der Waals surface area contributed by atoms with Crippen LogP contribution in [0.3, 0.4) is 0 Å². The predicted octanol–water partition coefficient (Wildman–Crippen LogP) is 3.28. The van der Waals surface area contributed by atoms with Crippen LogP contribution < -0.4 is 11.1 Å². The number of nitrogens with one attached hydrogen (secondary N) is 1. The van der Waals surface area contributed by atoms with E-state index in [1.54, 1.807) is 18.2 Å². The van der Waals surface area contributed by atoms with Crippen molar-refractivity contribution in [3.63, 3.8) is 0 Å². The summed E-state index contributed by atoms with van der Waals surface area (Å²) in [5.74, 6) is -3.46. The molecule has 4 rings (SSSR count). The SMILES string of the molecule is COC(=O)C[C@@H]1SC2=C(C(=O)Nc3ccc(C)cc3)[C@@H](c3cccc(F)c3)C(C#N)=C(N)N2C1=O. The van der Waals surface area contributed by atoms with Gasteiger partial charge in [-0.15, -0.1) is 0 Å². The van der Waals surface area contributed by atoms with Crippen LogP contribution in [0.2, 0.25) is 0 Å². The number of nitriles is 1. The number of aryl methyl sites for hydroxylation is 1. The first-order valence-electron chi connectivity index (χ1n) is 10.6. The van der Waals surface area contributed by atoms with Crippen LogP contribution in [-0.4, -0.2) is 35.0 Å². The van der Waals surface area contributed by atoms with Crippen LogP contribution in [0.4, 0.5) is 10.1 Å². The Kier molecular flexibility index (Phi) is 6.62. The van der Waals surface area contributed by atoms with Gasteiger partial charge in [0, 0.05) is 5.69 Å². The summed E-state index contributed by atoms with van der Waals surface area (Å²) in [6.45, 7) is 1.91. The summed E-state index contributed by atoms with van der Waals surface area (Å²) in [5.41, 5.74) is 8.08. The molecule has 0 radical (unpaired) electrons. The number of carbonyl (C=O) groups is 3. The van der Waals surface area contributed by atoms with Crippen molar-refractivity contribution in [2.45, 2.75) is 24.5 Å². The average molecular weight is 493 g/mol. The summed E-state index contributed by atoms with van der Waals surface area (Å²) in [4.78, 5) is 39.8. The van der Waals surface area contributed by atoms with E-state index in [2.05, 4.69) is 5.32 Å². The molecule has 0 saturated carbocycles. The van der Waals surface area contributed by atoms with Gasteiger partial charge < -0.3 is 15.8 Å². The summed E-state index contributed by atoms with van der Waals surface area (Å²) < 4.78 is 18.9. The number of anilines is 1. The van der Waals surface area contributed by atoms with Gasteiger partial charge in [-0.1, -0.05) is 41.6 Å². The van der Waals surface area contributed by atoms with Gasteiger partial charge in [-0.05, 0) is 36.8 Å². The standard InChI is InChI=1S/C25H21FN4O4S/c1-13-6-8-16(9-7-13)29-23(32)21-20(14-4-3-5-15(26)10-14)17(12-27)22(28)30-24(33)18(35-25(21)30)11-19(31)34-2/h3-10,18,20H,11,28H2,1-2H3,(H,29,32)/t18-,20-/m0/s1. The van der Waals surface area contributed by atoms with E-state index in [-0.39, 0.29) is 28.4 Å². The fourth-order valence-electron chi connectivity index (χ4n) is 4.00. The molecular weight excluding hydrogens is 471 g/mol. The highest BCUT2D eigenvalue weighted by Crippen LogP contribution is 2.50. The molecule has 0 aromatic heterocycles. The Labute approximate surface area is 205 Å². The van der Waals surface area contributed by atoms with Crippen LogP contribution >= 0.6 is 11.8 Å². The first-order chi connectivity index (χ1) is 16.7. The topological polar surface area (TPSA) is 126 Å². The van der Waals surface area contributed by atoms with E-state index in [0.717, 1.165) is 22.2 Å². The molecular formula is C25H21FN4O4S. The van der Waals surface area contributed by atoms with Crippen molar-refractivity contribution >= 4 is 35.2 Å². The maximum atomic E-state index is 14.2. The Morgan fingerprint density at radius 2 is 1.97 bits per heavy atom. The van der Waals surface area contributed by atoms with Gasteiger partial charge in [0.1, 0.15) is 16.9 Å². The lowest BCUT2D eigenvalue weighted by Crippen LogP contribution is -2.39. The molecule has 2 aliphatic rings. The number of methoxy groups -OCH3 is 1. The molecule has 0 aliphatic carbocycles. The summed E-state index contributed by atoms with van der Waals surface area (Å²) in [5, 5.41) is 12.1. The number of hydrogen-bond donors (Lipinski definition) is 2. The molecule has 3 N–H and O–H groups in total. The van der Waals surface area contributed by atoms with Crippen molar-refractivity contribution in [3.05, 3.63) is 87.5 Å². The molecule has 0 bridgehead atoms. The van der Waals surface area contributed by atoms with Crippen molar-refractivity contribution in [1.82, 2.24) is 4.90 Å². The van der Waals surface area contributed by atoms with Gasteiger partial charge in [0.15, 0.2) is 0 Å². The van der Waals surface area contributed by atoms with E-state index < -0.39 is 34.8 Å². The zero-order valence-electron chi connectivity index (χ0n) is 18.9. The lowest BCUT2D eigenvalue weighted by Gasteiger charge is -2.32. The zero-order chi connectivity index (χ0) is 25.3. The highest BCUT2D eigenvalue weighted by molar-refractivity contribution is 8.04. The molecule has 2 aromatic rings. The van der Waals surface area contributed by atoms with E-state index in [1.165, 1.54) is 25.3 Å². The number of allylic oxidation sites excluding steroid dienone is 1. The number of benzene rings is 2. The van der Waals surface area contributed by atoms with Gasteiger partial charge in [0.25, 0.3) is 5.91 Å². The minimum Gasteiger partial charge on any atom is -0.469 e. The lowest BCUT2D eigenvalue weighted by molar-refractivity contribution is -0.142. The van der Waals surface area contributed by atoms with Crippen molar-refractivity contribution < 1.29 is 23.5 Å². The fourth-order valence-corrected chi connectivity index (χ4v) is 5.33. The molecule has 2 amide bonds. The molecule has 2 heterocycles. The first-order valence-corrected chi connectivity index (χ1v) is 11.5. The Balaban J connectivity index is 1.87. The van der Waals surface area contributed by atoms with E-state index >= 15 is 0 Å². The molecule has 2 aromatic carbocycles. The molecule has 2 atom stereocenters. The third-order valence-electron chi connectivity index (χ3n) is 5.71. The van der Waals surface area contributed by atoms with Crippen LogP contribution in [0.15, 0.2) is 70.5 Å². The molecule has 2 aliphatic heterocycles. The van der Waals surface area contributed by atoms with E-state index in [1.807, 2.05) is 25.1 Å². The second-order valence-corrected chi connectivity index (χ2v) is 9.19. The maximum absolute atomic E-state index is 14.2. The number of amides is 2. The largest absolute Gasteiger partial charge is 0.469 e. The van der Waals surface area contributed by atoms with Crippen molar-refractivity contribution in [2.75, 3.05) is 12.4 Å². The number of halogens is 1. The van der Waals surface area contributed by atoms with Gasteiger partial charge in [0.2, 0.25) is 5.91 Å². The highest BCUT2D eigenvalue weighted by Gasteiger charge is 2.48. The minimum atomic E-state index is -1.02. The number of esters is 1. The minimum absolute atomic E-state index is 0.0626. The number of rotatable bonds is 5. The zero-order valence-corrected chi connectivity index (χ0v) is 19.7. The van der Waals surface area contributed by atoms with Gasteiger partial charge in [-0.25, -0.2) is 4.39 Å². The molecule has 1 fully saturated rings. The van der Waals surface area contributed by atoms with Crippen LogP contribution in [0.1, 0.15) is 23.5 Å². The number of nitrogens with two attached hydrogens (primary N) is 1. The van der Waals surface area contributed by atoms with Gasteiger partial charge in [0.05, 0.1) is 41.7 Å². The highest BCUT2D eigenvalue weighted by atomic mass is 32.2. The van der Waals surface area contributed by atoms with Crippen molar-refractivity contribution in [1.29, 1.82) is 5.26 Å². The Morgan fingerprint density at radius 1 is 1.26 bits per heavy atom. The molecule has 1 saturated heterocycles. The molecule has 10 heteroatoms. The van der Waals surface area contributed by atoms with Crippen molar-refractivity contribution in [3.8, 4) is 6.07 Å². The summed E-state index contributed by atoms with van der Waals surface area (Å²) in [6, 6.07) is 14.6. The second-order valence-electron chi connectivity index (χ2n) is 8.00. The van der Waals surface area contributed by atoms with E-state index in [9.17, 15) is 24.0 Å². The molecule has 8 nitrogen and oxygen atoms in total. The maximum Gasteiger partial charge on any atom is 0.307 e. The average Bonchev–Trinajstić information content (AvgIpc) is 3.15. The Hall–Kier alpha value is -4.10.